The second-order valence-electron chi connectivity index (χ2n) is 7.46. The summed E-state index contributed by atoms with van der Waals surface area (Å²) in [5.74, 6) is 0.798. The number of aromatic nitrogens is 2. The molecule has 1 atom stereocenters. The summed E-state index contributed by atoms with van der Waals surface area (Å²) >= 11 is 0. The Hall–Kier alpha value is -1.65. The molecule has 2 heterocycles. The van der Waals surface area contributed by atoms with E-state index in [1.807, 2.05) is 0 Å². The number of rotatable bonds is 5. The van der Waals surface area contributed by atoms with E-state index in [0.29, 0.717) is 0 Å². The summed E-state index contributed by atoms with van der Waals surface area (Å²) in [4.78, 5) is 4.90. The van der Waals surface area contributed by atoms with Crippen LogP contribution in [0.1, 0.15) is 28.9 Å². The lowest BCUT2D eigenvalue weighted by molar-refractivity contribution is 0.266. The molecule has 24 heavy (non-hydrogen) atoms. The molecule has 1 aliphatic rings. The molecule has 130 valence electrons. The normalized spacial score (nSPS) is 18.7. The molecule has 2 aromatic rings. The van der Waals surface area contributed by atoms with E-state index in [2.05, 4.69) is 73.6 Å². The molecule has 3 rings (SSSR count). The highest BCUT2D eigenvalue weighted by Gasteiger charge is 2.22. The lowest BCUT2D eigenvalue weighted by atomic mass is 10.1. The van der Waals surface area contributed by atoms with E-state index in [-0.39, 0.29) is 0 Å². The minimum Gasteiger partial charge on any atom is -0.306 e. The highest BCUT2D eigenvalue weighted by atomic mass is 15.3. The van der Waals surface area contributed by atoms with E-state index in [1.54, 1.807) is 0 Å². The predicted octanol–water partition coefficient (Wildman–Crippen LogP) is 3.18. The SMILES string of the molecule is Cc1ccccc1-n1nc(C)c(CN(C)C[C@H]2CCN(C)C2)c1C. The van der Waals surface area contributed by atoms with Gasteiger partial charge in [0.1, 0.15) is 0 Å². The summed E-state index contributed by atoms with van der Waals surface area (Å²) in [5, 5.41) is 4.82. The molecule has 0 bridgehead atoms. The third-order valence-corrected chi connectivity index (χ3v) is 5.27. The second-order valence-corrected chi connectivity index (χ2v) is 7.46. The minimum atomic E-state index is 0.798. The van der Waals surface area contributed by atoms with Crippen LogP contribution in [0.2, 0.25) is 0 Å². The zero-order valence-electron chi connectivity index (χ0n) is 15.7. The number of para-hydroxylation sites is 1. The average Bonchev–Trinajstić information content (AvgIpc) is 3.06. The van der Waals surface area contributed by atoms with Gasteiger partial charge >= 0.3 is 0 Å². The Morgan fingerprint density at radius 2 is 1.96 bits per heavy atom. The van der Waals surface area contributed by atoms with Crippen LogP contribution < -0.4 is 0 Å². The molecular weight excluding hydrogens is 296 g/mol. The number of benzene rings is 1. The molecule has 1 aromatic heterocycles. The van der Waals surface area contributed by atoms with Crippen molar-refractivity contribution < 1.29 is 0 Å². The Labute approximate surface area is 146 Å². The van der Waals surface area contributed by atoms with Crippen molar-refractivity contribution in [2.75, 3.05) is 33.7 Å². The standard InChI is InChI=1S/C20H30N4/c1-15-8-6-7-9-20(15)24-17(3)19(16(2)21-24)14-23(5)13-18-10-11-22(4)12-18/h6-9,18H,10-14H2,1-5H3/t18-/m0/s1. The van der Waals surface area contributed by atoms with Gasteiger partial charge in [-0.2, -0.15) is 5.10 Å². The first-order valence-corrected chi connectivity index (χ1v) is 8.94. The Kier molecular flexibility index (Phi) is 5.07. The summed E-state index contributed by atoms with van der Waals surface area (Å²) in [7, 11) is 4.46. The lowest BCUT2D eigenvalue weighted by Crippen LogP contribution is -2.27. The first kappa shape index (κ1) is 17.2. The Morgan fingerprint density at radius 3 is 2.62 bits per heavy atom. The number of hydrogen-bond donors (Lipinski definition) is 0. The van der Waals surface area contributed by atoms with E-state index in [1.165, 1.54) is 48.6 Å². The maximum absolute atomic E-state index is 4.82. The van der Waals surface area contributed by atoms with Gasteiger partial charge in [0.2, 0.25) is 0 Å². The van der Waals surface area contributed by atoms with Crippen LogP contribution in [0.25, 0.3) is 5.69 Å². The quantitative estimate of drug-likeness (QED) is 0.843. The van der Waals surface area contributed by atoms with Gasteiger partial charge < -0.3 is 9.80 Å². The first-order valence-electron chi connectivity index (χ1n) is 8.94. The van der Waals surface area contributed by atoms with Gasteiger partial charge in [0, 0.05) is 30.9 Å². The maximum Gasteiger partial charge on any atom is 0.0678 e. The molecule has 0 spiro atoms. The summed E-state index contributed by atoms with van der Waals surface area (Å²) in [5.41, 5.74) is 6.22. The highest BCUT2D eigenvalue weighted by molar-refractivity contribution is 5.42. The third-order valence-electron chi connectivity index (χ3n) is 5.27. The predicted molar refractivity (Wildman–Crippen MR) is 99.7 cm³/mol. The van der Waals surface area contributed by atoms with Crippen molar-refractivity contribution in [3.05, 3.63) is 46.8 Å². The second kappa shape index (κ2) is 7.08. The van der Waals surface area contributed by atoms with Crippen LogP contribution in [-0.2, 0) is 6.54 Å². The van der Waals surface area contributed by atoms with E-state index < -0.39 is 0 Å². The topological polar surface area (TPSA) is 24.3 Å². The summed E-state index contributed by atoms with van der Waals surface area (Å²) in [6.07, 6.45) is 1.32. The zero-order valence-corrected chi connectivity index (χ0v) is 15.7. The molecule has 0 aliphatic carbocycles. The van der Waals surface area contributed by atoms with Crippen LogP contribution in [0.3, 0.4) is 0 Å². The number of likely N-dealkylation sites (tertiary alicyclic amines) is 1. The van der Waals surface area contributed by atoms with Crippen LogP contribution in [0.5, 0.6) is 0 Å². The van der Waals surface area contributed by atoms with Crippen LogP contribution in [0.15, 0.2) is 24.3 Å². The molecule has 4 nitrogen and oxygen atoms in total. The molecule has 4 heteroatoms. The fourth-order valence-electron chi connectivity index (χ4n) is 3.89. The van der Waals surface area contributed by atoms with Crippen molar-refractivity contribution in [3.63, 3.8) is 0 Å². The Bertz CT molecular complexity index is 704. The van der Waals surface area contributed by atoms with E-state index in [4.69, 9.17) is 5.10 Å². The molecule has 0 saturated carbocycles. The van der Waals surface area contributed by atoms with Crippen LogP contribution in [-0.4, -0.2) is 53.3 Å². The fraction of sp³-hybridized carbons (Fsp3) is 0.550. The van der Waals surface area contributed by atoms with Gasteiger partial charge in [0.05, 0.1) is 11.4 Å². The van der Waals surface area contributed by atoms with Gasteiger partial charge in [0.15, 0.2) is 0 Å². The number of nitrogens with zero attached hydrogens (tertiary/aromatic N) is 4. The Balaban J connectivity index is 1.76. The van der Waals surface area contributed by atoms with Crippen molar-refractivity contribution in [1.82, 2.24) is 19.6 Å². The van der Waals surface area contributed by atoms with Gasteiger partial charge in [-0.3, -0.25) is 0 Å². The minimum absolute atomic E-state index is 0.798. The van der Waals surface area contributed by atoms with Gasteiger partial charge in [-0.05, 0) is 65.4 Å². The molecule has 0 unspecified atom stereocenters. The molecule has 0 N–H and O–H groups in total. The fourth-order valence-corrected chi connectivity index (χ4v) is 3.89. The van der Waals surface area contributed by atoms with Crippen molar-refractivity contribution in [2.45, 2.75) is 33.7 Å². The smallest absolute Gasteiger partial charge is 0.0678 e. The molecule has 0 radical (unpaired) electrons. The van der Waals surface area contributed by atoms with Crippen molar-refractivity contribution in [1.29, 1.82) is 0 Å². The van der Waals surface area contributed by atoms with E-state index >= 15 is 0 Å². The van der Waals surface area contributed by atoms with Crippen molar-refractivity contribution in [2.24, 2.45) is 5.92 Å². The Morgan fingerprint density at radius 1 is 1.21 bits per heavy atom. The molecule has 1 aromatic carbocycles. The zero-order chi connectivity index (χ0) is 17.3. The molecule has 1 aliphatic heterocycles. The molecule has 0 amide bonds. The molecule has 1 fully saturated rings. The third kappa shape index (κ3) is 3.55. The largest absolute Gasteiger partial charge is 0.306 e. The summed E-state index contributed by atoms with van der Waals surface area (Å²) in [6, 6.07) is 8.46. The summed E-state index contributed by atoms with van der Waals surface area (Å²) < 4.78 is 2.11. The van der Waals surface area contributed by atoms with Crippen LogP contribution in [0, 0.1) is 26.7 Å². The van der Waals surface area contributed by atoms with Crippen molar-refractivity contribution in [3.8, 4) is 5.69 Å². The summed E-state index contributed by atoms with van der Waals surface area (Å²) in [6.45, 7) is 11.1. The molecular formula is C20H30N4. The first-order chi connectivity index (χ1) is 11.5. The van der Waals surface area contributed by atoms with E-state index in [0.717, 1.165) is 18.2 Å². The van der Waals surface area contributed by atoms with Crippen LogP contribution in [0.4, 0.5) is 0 Å². The monoisotopic (exact) mass is 326 g/mol. The van der Waals surface area contributed by atoms with E-state index in [9.17, 15) is 0 Å². The molecule has 1 saturated heterocycles. The average molecular weight is 326 g/mol. The van der Waals surface area contributed by atoms with Gasteiger partial charge in [-0.25, -0.2) is 4.68 Å². The van der Waals surface area contributed by atoms with Crippen LogP contribution >= 0.6 is 0 Å². The van der Waals surface area contributed by atoms with Gasteiger partial charge in [-0.1, -0.05) is 18.2 Å². The number of aryl methyl sites for hydroxylation is 2. The van der Waals surface area contributed by atoms with Gasteiger partial charge in [-0.15, -0.1) is 0 Å². The maximum atomic E-state index is 4.82. The highest BCUT2D eigenvalue weighted by Crippen LogP contribution is 2.22. The lowest BCUT2D eigenvalue weighted by Gasteiger charge is -2.21. The number of hydrogen-bond acceptors (Lipinski definition) is 3. The van der Waals surface area contributed by atoms with Crippen molar-refractivity contribution >= 4 is 0 Å². The van der Waals surface area contributed by atoms with Gasteiger partial charge in [0.25, 0.3) is 0 Å².